The SMILES string of the molecule is CSCC(C)NC(C)c1cccc(S(N)(=O)=O)c1. The van der Waals surface area contributed by atoms with Crippen molar-refractivity contribution in [2.45, 2.75) is 30.8 Å². The van der Waals surface area contributed by atoms with Crippen molar-refractivity contribution in [3.05, 3.63) is 29.8 Å². The Morgan fingerprint density at radius 2 is 2.06 bits per heavy atom. The molecule has 1 rings (SSSR count). The van der Waals surface area contributed by atoms with Crippen LogP contribution in [-0.2, 0) is 10.0 Å². The zero-order valence-electron chi connectivity index (χ0n) is 10.9. The van der Waals surface area contributed by atoms with Crippen LogP contribution in [0.15, 0.2) is 29.2 Å². The zero-order chi connectivity index (χ0) is 13.8. The summed E-state index contributed by atoms with van der Waals surface area (Å²) in [6.45, 7) is 4.12. The number of sulfonamides is 1. The third-order valence-corrected chi connectivity index (χ3v) is 4.38. The summed E-state index contributed by atoms with van der Waals surface area (Å²) in [7, 11) is -3.63. The molecule has 0 saturated heterocycles. The summed E-state index contributed by atoms with van der Waals surface area (Å²) >= 11 is 1.78. The van der Waals surface area contributed by atoms with E-state index in [1.165, 1.54) is 6.07 Å². The van der Waals surface area contributed by atoms with Crippen molar-refractivity contribution in [1.82, 2.24) is 5.32 Å². The molecule has 0 aromatic heterocycles. The highest BCUT2D eigenvalue weighted by atomic mass is 32.2. The van der Waals surface area contributed by atoms with Crippen LogP contribution in [0.5, 0.6) is 0 Å². The quantitative estimate of drug-likeness (QED) is 0.836. The van der Waals surface area contributed by atoms with E-state index < -0.39 is 10.0 Å². The largest absolute Gasteiger partial charge is 0.307 e. The molecule has 0 aliphatic rings. The number of primary sulfonamides is 1. The van der Waals surface area contributed by atoms with E-state index in [9.17, 15) is 8.42 Å². The van der Waals surface area contributed by atoms with Crippen LogP contribution in [0, 0.1) is 0 Å². The number of thioether (sulfide) groups is 1. The topological polar surface area (TPSA) is 72.2 Å². The molecule has 0 radical (unpaired) electrons. The van der Waals surface area contributed by atoms with Crippen LogP contribution in [0.25, 0.3) is 0 Å². The molecule has 1 aromatic rings. The second-order valence-corrected chi connectivity index (χ2v) is 6.83. The van der Waals surface area contributed by atoms with Crippen LogP contribution in [-0.4, -0.2) is 26.5 Å². The van der Waals surface area contributed by atoms with Gasteiger partial charge < -0.3 is 5.32 Å². The van der Waals surface area contributed by atoms with E-state index in [0.717, 1.165) is 11.3 Å². The Morgan fingerprint density at radius 3 is 2.61 bits per heavy atom. The Bertz CT molecular complexity index is 489. The van der Waals surface area contributed by atoms with E-state index >= 15 is 0 Å². The van der Waals surface area contributed by atoms with Gasteiger partial charge in [-0.3, -0.25) is 0 Å². The van der Waals surface area contributed by atoms with Gasteiger partial charge in [-0.2, -0.15) is 11.8 Å². The van der Waals surface area contributed by atoms with Crippen LogP contribution in [0.4, 0.5) is 0 Å². The van der Waals surface area contributed by atoms with Crippen molar-refractivity contribution in [2.24, 2.45) is 5.14 Å². The molecule has 0 heterocycles. The number of hydrogen-bond acceptors (Lipinski definition) is 4. The fourth-order valence-corrected chi connectivity index (χ4v) is 2.95. The highest BCUT2D eigenvalue weighted by Crippen LogP contribution is 2.17. The second-order valence-electron chi connectivity index (χ2n) is 4.36. The van der Waals surface area contributed by atoms with Crippen LogP contribution in [0.1, 0.15) is 25.5 Å². The molecular formula is C12H20N2O2S2. The first kappa shape index (κ1) is 15.5. The Kier molecular flexibility index (Phi) is 5.65. The van der Waals surface area contributed by atoms with Gasteiger partial charge >= 0.3 is 0 Å². The number of benzene rings is 1. The summed E-state index contributed by atoms with van der Waals surface area (Å²) in [5.41, 5.74) is 0.925. The predicted octanol–water partition coefficient (Wildman–Crippen LogP) is 1.74. The van der Waals surface area contributed by atoms with E-state index in [-0.39, 0.29) is 10.9 Å². The molecule has 2 unspecified atom stereocenters. The average Bonchev–Trinajstić information content (AvgIpc) is 2.28. The minimum absolute atomic E-state index is 0.0915. The molecule has 1 aromatic carbocycles. The summed E-state index contributed by atoms with van der Waals surface area (Å²) < 4.78 is 22.6. The third-order valence-electron chi connectivity index (χ3n) is 2.64. The van der Waals surface area contributed by atoms with E-state index in [4.69, 9.17) is 5.14 Å². The van der Waals surface area contributed by atoms with Crippen LogP contribution in [0.2, 0.25) is 0 Å². The minimum Gasteiger partial charge on any atom is -0.307 e. The minimum atomic E-state index is -3.63. The number of nitrogens with one attached hydrogen (secondary N) is 1. The molecule has 0 aliphatic carbocycles. The molecule has 0 saturated carbocycles. The Hall–Kier alpha value is -0.560. The molecule has 2 atom stereocenters. The second kappa shape index (κ2) is 6.56. The molecular weight excluding hydrogens is 268 g/mol. The van der Waals surface area contributed by atoms with Crippen molar-refractivity contribution >= 4 is 21.8 Å². The van der Waals surface area contributed by atoms with Crippen molar-refractivity contribution in [3.63, 3.8) is 0 Å². The number of hydrogen-bond donors (Lipinski definition) is 2. The van der Waals surface area contributed by atoms with Crippen LogP contribution < -0.4 is 10.5 Å². The highest BCUT2D eigenvalue weighted by molar-refractivity contribution is 7.98. The first-order valence-corrected chi connectivity index (χ1v) is 8.66. The first-order valence-electron chi connectivity index (χ1n) is 5.72. The Morgan fingerprint density at radius 1 is 1.39 bits per heavy atom. The standard InChI is InChI=1S/C12H20N2O2S2/c1-9(8-17-3)14-10(2)11-5-4-6-12(7-11)18(13,15)16/h4-7,9-10,14H,8H2,1-3H3,(H2,13,15,16). The van der Waals surface area contributed by atoms with E-state index in [1.54, 1.807) is 23.9 Å². The lowest BCUT2D eigenvalue weighted by atomic mass is 10.1. The zero-order valence-corrected chi connectivity index (χ0v) is 12.5. The maximum atomic E-state index is 11.3. The molecule has 0 amide bonds. The lowest BCUT2D eigenvalue weighted by Crippen LogP contribution is -2.30. The Balaban J connectivity index is 2.84. The van der Waals surface area contributed by atoms with Gasteiger partial charge in [-0.05, 0) is 37.8 Å². The molecule has 6 heteroatoms. The van der Waals surface area contributed by atoms with Gasteiger partial charge in [0.05, 0.1) is 4.90 Å². The van der Waals surface area contributed by atoms with Gasteiger partial charge in [-0.25, -0.2) is 13.6 Å². The van der Waals surface area contributed by atoms with Gasteiger partial charge in [-0.15, -0.1) is 0 Å². The van der Waals surface area contributed by atoms with Gasteiger partial charge in [0.15, 0.2) is 0 Å². The lowest BCUT2D eigenvalue weighted by molar-refractivity contribution is 0.510. The van der Waals surface area contributed by atoms with Crippen molar-refractivity contribution < 1.29 is 8.42 Å². The third kappa shape index (κ3) is 4.61. The maximum Gasteiger partial charge on any atom is 0.238 e. The normalized spacial score (nSPS) is 15.3. The van der Waals surface area contributed by atoms with Gasteiger partial charge in [0.25, 0.3) is 0 Å². The lowest BCUT2D eigenvalue weighted by Gasteiger charge is -2.20. The molecule has 102 valence electrons. The summed E-state index contributed by atoms with van der Waals surface area (Å²) in [6, 6.07) is 7.21. The van der Waals surface area contributed by atoms with Crippen LogP contribution >= 0.6 is 11.8 Å². The van der Waals surface area contributed by atoms with Gasteiger partial charge in [0.2, 0.25) is 10.0 Å². The smallest absolute Gasteiger partial charge is 0.238 e. The molecule has 0 aliphatic heterocycles. The van der Waals surface area contributed by atoms with Crippen molar-refractivity contribution in [3.8, 4) is 0 Å². The number of rotatable bonds is 6. The number of nitrogens with two attached hydrogens (primary N) is 1. The van der Waals surface area contributed by atoms with Crippen LogP contribution in [0.3, 0.4) is 0 Å². The monoisotopic (exact) mass is 288 g/mol. The van der Waals surface area contributed by atoms with Gasteiger partial charge in [0.1, 0.15) is 0 Å². The molecule has 18 heavy (non-hydrogen) atoms. The first-order chi connectivity index (χ1) is 8.34. The summed E-state index contributed by atoms with van der Waals surface area (Å²) in [6.07, 6.45) is 2.06. The summed E-state index contributed by atoms with van der Waals surface area (Å²) in [5, 5.41) is 8.54. The van der Waals surface area contributed by atoms with E-state index in [0.29, 0.717) is 6.04 Å². The van der Waals surface area contributed by atoms with Gasteiger partial charge in [0, 0.05) is 17.8 Å². The molecule has 4 nitrogen and oxygen atoms in total. The summed E-state index contributed by atoms with van der Waals surface area (Å²) in [4.78, 5) is 0.158. The molecule has 0 spiro atoms. The highest BCUT2D eigenvalue weighted by Gasteiger charge is 2.13. The fraction of sp³-hybridized carbons (Fsp3) is 0.500. The van der Waals surface area contributed by atoms with E-state index in [1.807, 2.05) is 13.0 Å². The predicted molar refractivity (Wildman–Crippen MR) is 77.2 cm³/mol. The van der Waals surface area contributed by atoms with E-state index in [2.05, 4.69) is 18.5 Å². The summed E-state index contributed by atoms with van der Waals surface area (Å²) in [5.74, 6) is 1.01. The molecule has 3 N–H and O–H groups in total. The maximum absolute atomic E-state index is 11.3. The molecule has 0 fully saturated rings. The average molecular weight is 288 g/mol. The van der Waals surface area contributed by atoms with Crippen molar-refractivity contribution in [1.29, 1.82) is 0 Å². The fourth-order valence-electron chi connectivity index (χ4n) is 1.78. The van der Waals surface area contributed by atoms with Gasteiger partial charge in [-0.1, -0.05) is 12.1 Å². The molecule has 0 bridgehead atoms. The van der Waals surface area contributed by atoms with Crippen molar-refractivity contribution in [2.75, 3.05) is 12.0 Å². The Labute approximate surface area is 113 Å².